The van der Waals surface area contributed by atoms with Crippen LogP contribution in [0, 0.1) is 0 Å². The van der Waals surface area contributed by atoms with Crippen LogP contribution in [0.15, 0.2) is 23.3 Å². The van der Waals surface area contributed by atoms with Gasteiger partial charge in [-0.05, 0) is 25.0 Å². The maximum Gasteiger partial charge on any atom is 0.241 e. The van der Waals surface area contributed by atoms with Gasteiger partial charge in [0.1, 0.15) is 0 Å². The van der Waals surface area contributed by atoms with E-state index in [9.17, 15) is 4.79 Å². The first-order valence-electron chi connectivity index (χ1n) is 7.90. The first kappa shape index (κ1) is 17.5. The minimum atomic E-state index is 0.00976. The van der Waals surface area contributed by atoms with Crippen LogP contribution in [0.25, 0.3) is 0 Å². The lowest BCUT2D eigenvalue weighted by molar-refractivity contribution is -0.127. The molecule has 1 heterocycles. The van der Waals surface area contributed by atoms with Gasteiger partial charge < -0.3 is 15.5 Å². The molecule has 1 saturated carbocycles. The Morgan fingerprint density at radius 3 is 2.74 bits per heavy atom. The number of pyridine rings is 1. The lowest BCUT2D eigenvalue weighted by Crippen LogP contribution is -2.46. The van der Waals surface area contributed by atoms with Crippen molar-refractivity contribution in [3.05, 3.63) is 29.0 Å². The minimum Gasteiger partial charge on any atom is -0.354 e. The van der Waals surface area contributed by atoms with Gasteiger partial charge in [0.05, 0.1) is 23.8 Å². The van der Waals surface area contributed by atoms with Gasteiger partial charge in [-0.1, -0.05) is 24.4 Å². The number of carbonyl (C=O) groups excluding carboxylic acids is 1. The zero-order valence-corrected chi connectivity index (χ0v) is 14.4. The summed E-state index contributed by atoms with van der Waals surface area (Å²) in [7, 11) is 3.48. The van der Waals surface area contributed by atoms with Gasteiger partial charge in [-0.15, -0.1) is 0 Å². The molecule has 1 aliphatic rings. The highest BCUT2D eigenvalue weighted by molar-refractivity contribution is 6.30. The second kappa shape index (κ2) is 8.72. The van der Waals surface area contributed by atoms with Gasteiger partial charge in [-0.3, -0.25) is 9.78 Å². The van der Waals surface area contributed by atoms with Gasteiger partial charge >= 0.3 is 0 Å². The van der Waals surface area contributed by atoms with E-state index in [4.69, 9.17) is 11.6 Å². The number of hydrogen-bond acceptors (Lipinski definition) is 3. The fourth-order valence-electron chi connectivity index (χ4n) is 2.39. The quantitative estimate of drug-likeness (QED) is 0.635. The van der Waals surface area contributed by atoms with Gasteiger partial charge in [0.2, 0.25) is 5.91 Å². The largest absolute Gasteiger partial charge is 0.354 e. The van der Waals surface area contributed by atoms with Crippen molar-refractivity contribution in [3.63, 3.8) is 0 Å². The normalized spacial score (nSPS) is 15.5. The molecule has 23 heavy (non-hydrogen) atoms. The summed E-state index contributed by atoms with van der Waals surface area (Å²) in [5.74, 6) is 0.666. The van der Waals surface area contributed by atoms with Crippen molar-refractivity contribution in [2.45, 2.75) is 38.3 Å². The van der Waals surface area contributed by atoms with Crippen LogP contribution in [0.2, 0.25) is 5.02 Å². The molecule has 0 atom stereocenters. The monoisotopic (exact) mass is 337 g/mol. The number of nitrogens with one attached hydrogen (secondary N) is 2. The zero-order chi connectivity index (χ0) is 16.7. The molecule has 1 aliphatic carbocycles. The predicted molar refractivity (Wildman–Crippen MR) is 92.5 cm³/mol. The van der Waals surface area contributed by atoms with E-state index in [1.54, 1.807) is 31.3 Å². The van der Waals surface area contributed by atoms with Crippen molar-refractivity contribution in [2.75, 3.05) is 20.6 Å². The molecule has 1 aromatic heterocycles. The van der Waals surface area contributed by atoms with Gasteiger partial charge in [0.15, 0.2) is 5.96 Å². The third-order valence-corrected chi connectivity index (χ3v) is 4.01. The summed E-state index contributed by atoms with van der Waals surface area (Å²) in [5.41, 5.74) is 0.834. The molecule has 2 N–H and O–H groups in total. The number of likely N-dealkylation sites (N-methyl/N-ethyl adjacent to an activating group) is 1. The maximum atomic E-state index is 11.7. The Hall–Kier alpha value is -1.82. The summed E-state index contributed by atoms with van der Waals surface area (Å²) in [4.78, 5) is 22.1. The van der Waals surface area contributed by atoms with Crippen molar-refractivity contribution in [2.24, 2.45) is 4.99 Å². The first-order valence-corrected chi connectivity index (χ1v) is 8.28. The molecule has 0 bridgehead atoms. The number of halogens is 1. The molecule has 6 nitrogen and oxygen atoms in total. The van der Waals surface area contributed by atoms with E-state index in [0.29, 0.717) is 23.6 Å². The summed E-state index contributed by atoms with van der Waals surface area (Å²) in [6, 6.07) is 4.07. The van der Waals surface area contributed by atoms with Gasteiger partial charge in [0, 0.05) is 26.3 Å². The van der Waals surface area contributed by atoms with Crippen LogP contribution >= 0.6 is 11.6 Å². The Morgan fingerprint density at radius 2 is 2.13 bits per heavy atom. The van der Waals surface area contributed by atoms with Crippen LogP contribution < -0.4 is 10.6 Å². The van der Waals surface area contributed by atoms with Crippen molar-refractivity contribution in [1.82, 2.24) is 20.5 Å². The smallest absolute Gasteiger partial charge is 0.241 e. The van der Waals surface area contributed by atoms with Gasteiger partial charge in [-0.2, -0.15) is 0 Å². The third-order valence-electron chi connectivity index (χ3n) is 3.79. The van der Waals surface area contributed by atoms with E-state index in [-0.39, 0.29) is 12.5 Å². The van der Waals surface area contributed by atoms with Crippen LogP contribution in [0.1, 0.15) is 31.4 Å². The highest BCUT2D eigenvalue weighted by atomic mass is 35.5. The van der Waals surface area contributed by atoms with E-state index in [2.05, 4.69) is 20.6 Å². The zero-order valence-electron chi connectivity index (χ0n) is 13.7. The molecule has 0 saturated heterocycles. The van der Waals surface area contributed by atoms with Crippen molar-refractivity contribution in [3.8, 4) is 0 Å². The molecule has 0 spiro atoms. The summed E-state index contributed by atoms with van der Waals surface area (Å²) >= 11 is 5.84. The Morgan fingerprint density at radius 1 is 1.39 bits per heavy atom. The number of rotatable bonds is 5. The van der Waals surface area contributed by atoms with E-state index in [1.165, 1.54) is 12.8 Å². The molecule has 0 radical (unpaired) electrons. The summed E-state index contributed by atoms with van der Waals surface area (Å²) in [6.07, 6.45) is 6.36. The lowest BCUT2D eigenvalue weighted by Gasteiger charge is -2.18. The number of aliphatic imine (C=N–C) groups is 1. The van der Waals surface area contributed by atoms with E-state index in [1.807, 2.05) is 6.07 Å². The second-order valence-electron chi connectivity index (χ2n) is 5.90. The predicted octanol–water partition coefficient (Wildman–Crippen LogP) is 1.80. The number of carbonyl (C=O) groups is 1. The molecule has 126 valence electrons. The van der Waals surface area contributed by atoms with Crippen LogP contribution in [0.5, 0.6) is 0 Å². The average molecular weight is 338 g/mol. The fourth-order valence-corrected chi connectivity index (χ4v) is 2.51. The van der Waals surface area contributed by atoms with Crippen LogP contribution in [-0.2, 0) is 11.3 Å². The second-order valence-corrected chi connectivity index (χ2v) is 6.34. The summed E-state index contributed by atoms with van der Waals surface area (Å²) < 4.78 is 0. The Balaban J connectivity index is 1.97. The topological polar surface area (TPSA) is 69.6 Å². The van der Waals surface area contributed by atoms with Crippen LogP contribution in [-0.4, -0.2) is 48.4 Å². The molecule has 1 aromatic rings. The summed E-state index contributed by atoms with van der Waals surface area (Å²) in [5, 5.41) is 7.12. The number of aromatic nitrogens is 1. The minimum absolute atomic E-state index is 0.00976. The molecule has 0 aromatic carbocycles. The third kappa shape index (κ3) is 6.06. The highest BCUT2D eigenvalue weighted by Gasteiger charge is 2.16. The molecular weight excluding hydrogens is 314 g/mol. The van der Waals surface area contributed by atoms with Crippen molar-refractivity contribution in [1.29, 1.82) is 0 Å². The fraction of sp³-hybridized carbons (Fsp3) is 0.562. The molecule has 0 aliphatic heterocycles. The number of amides is 1. The molecular formula is C16H24ClN5O. The highest BCUT2D eigenvalue weighted by Crippen LogP contribution is 2.17. The molecule has 2 rings (SSSR count). The van der Waals surface area contributed by atoms with E-state index < -0.39 is 0 Å². The Labute approximate surface area is 142 Å². The molecule has 1 amide bonds. The van der Waals surface area contributed by atoms with E-state index in [0.717, 1.165) is 18.5 Å². The standard InChI is InChI=1S/C16H24ClN5O/c1-22(2)15(23)11-20-16(21-13-5-3-4-6-13)19-10-14-8-7-12(17)9-18-14/h7-9,13H,3-6,10-11H2,1-2H3,(H2,19,20,21). The molecule has 7 heteroatoms. The van der Waals surface area contributed by atoms with Crippen molar-refractivity contribution < 1.29 is 4.79 Å². The lowest BCUT2D eigenvalue weighted by atomic mass is 10.2. The number of guanidine groups is 1. The first-order chi connectivity index (χ1) is 11.0. The Kier molecular flexibility index (Phi) is 6.65. The summed E-state index contributed by atoms with van der Waals surface area (Å²) in [6.45, 7) is 0.662. The van der Waals surface area contributed by atoms with Gasteiger partial charge in [0.25, 0.3) is 0 Å². The van der Waals surface area contributed by atoms with Crippen LogP contribution in [0.3, 0.4) is 0 Å². The van der Waals surface area contributed by atoms with E-state index >= 15 is 0 Å². The van der Waals surface area contributed by atoms with Crippen LogP contribution in [0.4, 0.5) is 0 Å². The maximum absolute atomic E-state index is 11.7. The Bertz CT molecular complexity index is 538. The van der Waals surface area contributed by atoms with Gasteiger partial charge in [-0.25, -0.2) is 4.99 Å². The SMILES string of the molecule is CN(C)C(=O)CNC(=NCc1ccc(Cl)cn1)NC1CCCC1. The van der Waals surface area contributed by atoms with Crippen molar-refractivity contribution >= 4 is 23.5 Å². The number of nitrogens with zero attached hydrogens (tertiary/aromatic N) is 3. The average Bonchev–Trinajstić information content (AvgIpc) is 3.04. The molecule has 0 unspecified atom stereocenters. The molecule has 1 fully saturated rings. The number of hydrogen-bond donors (Lipinski definition) is 2.